The van der Waals surface area contributed by atoms with E-state index in [9.17, 15) is 4.79 Å². The topological polar surface area (TPSA) is 38.8 Å². The highest BCUT2D eigenvalue weighted by Gasteiger charge is 2.15. The van der Waals surface area contributed by atoms with Crippen LogP contribution in [0.4, 0.5) is 0 Å². The summed E-state index contributed by atoms with van der Waals surface area (Å²) in [6.07, 6.45) is 0. The summed E-state index contributed by atoms with van der Waals surface area (Å²) in [6.45, 7) is 1.02. The number of hydrogen-bond acceptors (Lipinski definition) is 4. The Bertz CT molecular complexity index is 776. The molecular weight excluding hydrogens is 326 g/mol. The smallest absolute Gasteiger partial charge is 0.357 e. The van der Waals surface area contributed by atoms with Gasteiger partial charge in [-0.1, -0.05) is 60.7 Å². The van der Waals surface area contributed by atoms with Crippen molar-refractivity contribution in [1.82, 2.24) is 5.06 Å². The zero-order chi connectivity index (χ0) is 18.2. The maximum Gasteiger partial charge on any atom is 0.357 e. The van der Waals surface area contributed by atoms with Crippen molar-refractivity contribution < 1.29 is 14.4 Å². The molecule has 0 bridgehead atoms. The molecule has 3 rings (SSSR count). The van der Waals surface area contributed by atoms with Crippen molar-refractivity contribution in [3.05, 3.63) is 102 Å². The van der Waals surface area contributed by atoms with Gasteiger partial charge in [-0.15, -0.1) is 5.06 Å². The lowest BCUT2D eigenvalue weighted by molar-refractivity contribution is -0.123. The number of ether oxygens (including phenoxy) is 1. The van der Waals surface area contributed by atoms with Gasteiger partial charge < -0.3 is 9.57 Å². The van der Waals surface area contributed by atoms with Gasteiger partial charge >= 0.3 is 5.97 Å². The van der Waals surface area contributed by atoms with E-state index in [2.05, 4.69) is 0 Å². The minimum absolute atomic E-state index is 0.389. The van der Waals surface area contributed by atoms with E-state index >= 15 is 0 Å². The summed E-state index contributed by atoms with van der Waals surface area (Å²) in [4.78, 5) is 18.2. The van der Waals surface area contributed by atoms with Crippen molar-refractivity contribution in [2.24, 2.45) is 0 Å². The number of hydrogen-bond donors (Lipinski definition) is 0. The highest BCUT2D eigenvalue weighted by molar-refractivity contribution is 5.89. The SMILES string of the molecule is COc1ccc(C(=O)ON(Cc2ccccc2)Cc2ccccc2)cc1. The van der Waals surface area contributed by atoms with Crippen LogP contribution in [-0.2, 0) is 17.9 Å². The van der Waals surface area contributed by atoms with Crippen LogP contribution in [0.25, 0.3) is 0 Å². The molecule has 0 aliphatic rings. The first-order valence-electron chi connectivity index (χ1n) is 8.44. The average molecular weight is 347 g/mol. The third-order valence-corrected chi connectivity index (χ3v) is 3.94. The molecule has 3 aromatic rings. The molecule has 4 nitrogen and oxygen atoms in total. The third-order valence-electron chi connectivity index (χ3n) is 3.94. The molecule has 26 heavy (non-hydrogen) atoms. The van der Waals surface area contributed by atoms with Gasteiger partial charge in [0.15, 0.2) is 0 Å². The summed E-state index contributed by atoms with van der Waals surface area (Å²) in [6, 6.07) is 26.8. The molecule has 0 fully saturated rings. The summed E-state index contributed by atoms with van der Waals surface area (Å²) >= 11 is 0. The fourth-order valence-corrected chi connectivity index (χ4v) is 2.59. The van der Waals surface area contributed by atoms with Crippen molar-refractivity contribution in [1.29, 1.82) is 0 Å². The largest absolute Gasteiger partial charge is 0.497 e. The Morgan fingerprint density at radius 1 is 0.769 bits per heavy atom. The molecule has 0 aliphatic heterocycles. The Morgan fingerprint density at radius 3 is 1.73 bits per heavy atom. The fourth-order valence-electron chi connectivity index (χ4n) is 2.59. The summed E-state index contributed by atoms with van der Waals surface area (Å²) in [5.41, 5.74) is 2.63. The second kappa shape index (κ2) is 8.83. The second-order valence-electron chi connectivity index (χ2n) is 5.88. The predicted molar refractivity (Wildman–Crippen MR) is 101 cm³/mol. The van der Waals surface area contributed by atoms with Gasteiger partial charge in [0.05, 0.1) is 25.8 Å². The third kappa shape index (κ3) is 4.94. The van der Waals surface area contributed by atoms with Gasteiger partial charge in [0.1, 0.15) is 5.75 Å². The molecule has 0 saturated carbocycles. The molecular formula is C22H21NO3. The predicted octanol–water partition coefficient (Wildman–Crippen LogP) is 4.47. The molecule has 0 amide bonds. The fraction of sp³-hybridized carbons (Fsp3) is 0.136. The molecule has 0 spiro atoms. The number of rotatable bonds is 7. The monoisotopic (exact) mass is 347 g/mol. The van der Waals surface area contributed by atoms with E-state index in [1.165, 1.54) is 0 Å². The van der Waals surface area contributed by atoms with Crippen molar-refractivity contribution in [2.45, 2.75) is 13.1 Å². The van der Waals surface area contributed by atoms with E-state index in [1.54, 1.807) is 36.4 Å². The van der Waals surface area contributed by atoms with Gasteiger partial charge in [0, 0.05) is 0 Å². The maximum atomic E-state index is 12.5. The maximum absolute atomic E-state index is 12.5. The van der Waals surface area contributed by atoms with Crippen molar-refractivity contribution in [2.75, 3.05) is 7.11 Å². The summed E-state index contributed by atoms with van der Waals surface area (Å²) in [7, 11) is 1.59. The number of hydroxylamine groups is 2. The molecule has 0 unspecified atom stereocenters. The number of methoxy groups -OCH3 is 1. The Labute approximate surface area is 153 Å². The van der Waals surface area contributed by atoms with Gasteiger partial charge in [-0.3, -0.25) is 0 Å². The molecule has 0 radical (unpaired) electrons. The number of carbonyl (C=O) groups is 1. The zero-order valence-corrected chi connectivity index (χ0v) is 14.7. The van der Waals surface area contributed by atoms with Crippen LogP contribution in [0.2, 0.25) is 0 Å². The van der Waals surface area contributed by atoms with Gasteiger partial charge in [-0.05, 0) is 35.4 Å². The van der Waals surface area contributed by atoms with E-state index in [1.807, 2.05) is 60.7 Å². The summed E-state index contributed by atoms with van der Waals surface area (Å²) in [5.74, 6) is 0.312. The molecule has 0 heterocycles. The number of benzene rings is 3. The van der Waals surface area contributed by atoms with Crippen LogP contribution in [0.1, 0.15) is 21.5 Å². The Kier molecular flexibility index (Phi) is 6.01. The van der Waals surface area contributed by atoms with Crippen LogP contribution >= 0.6 is 0 Å². The minimum atomic E-state index is -0.389. The number of carbonyl (C=O) groups excluding carboxylic acids is 1. The highest BCUT2D eigenvalue weighted by atomic mass is 16.7. The zero-order valence-electron chi connectivity index (χ0n) is 14.7. The van der Waals surface area contributed by atoms with E-state index in [0.29, 0.717) is 24.4 Å². The summed E-state index contributed by atoms with van der Waals surface area (Å²) < 4.78 is 5.13. The van der Waals surface area contributed by atoms with Crippen LogP contribution in [0.5, 0.6) is 5.75 Å². The molecule has 0 atom stereocenters. The first kappa shape index (κ1) is 17.7. The van der Waals surface area contributed by atoms with Crippen LogP contribution in [-0.4, -0.2) is 18.1 Å². The van der Waals surface area contributed by atoms with E-state index in [-0.39, 0.29) is 5.97 Å². The average Bonchev–Trinajstić information content (AvgIpc) is 2.69. The number of nitrogens with zero attached hydrogens (tertiary/aromatic N) is 1. The Hall–Kier alpha value is -3.11. The standard InChI is InChI=1S/C22H21NO3/c1-25-21-14-12-20(13-15-21)22(24)26-23(16-18-8-4-2-5-9-18)17-19-10-6-3-7-11-19/h2-15H,16-17H2,1H3. The van der Waals surface area contributed by atoms with Crippen molar-refractivity contribution in [3.8, 4) is 5.75 Å². The van der Waals surface area contributed by atoms with E-state index < -0.39 is 0 Å². The molecule has 0 N–H and O–H groups in total. The van der Waals surface area contributed by atoms with Crippen molar-refractivity contribution >= 4 is 5.97 Å². The highest BCUT2D eigenvalue weighted by Crippen LogP contribution is 2.15. The van der Waals surface area contributed by atoms with Crippen LogP contribution < -0.4 is 4.74 Å². The van der Waals surface area contributed by atoms with Crippen LogP contribution in [0.15, 0.2) is 84.9 Å². The molecule has 0 aromatic heterocycles. The molecule has 4 heteroatoms. The lowest BCUT2D eigenvalue weighted by Gasteiger charge is -2.21. The van der Waals surface area contributed by atoms with Crippen molar-refractivity contribution in [3.63, 3.8) is 0 Å². The molecule has 132 valence electrons. The normalized spacial score (nSPS) is 10.5. The first-order chi connectivity index (χ1) is 12.7. The lowest BCUT2D eigenvalue weighted by atomic mass is 10.2. The van der Waals surface area contributed by atoms with Gasteiger partial charge in [0.25, 0.3) is 0 Å². The molecule has 0 aliphatic carbocycles. The van der Waals surface area contributed by atoms with Gasteiger partial charge in [-0.25, -0.2) is 4.79 Å². The quantitative estimate of drug-likeness (QED) is 0.591. The second-order valence-corrected chi connectivity index (χ2v) is 5.88. The molecule has 3 aromatic carbocycles. The van der Waals surface area contributed by atoms with Crippen LogP contribution in [0, 0.1) is 0 Å². The minimum Gasteiger partial charge on any atom is -0.497 e. The lowest BCUT2D eigenvalue weighted by Crippen LogP contribution is -2.26. The van der Waals surface area contributed by atoms with Crippen LogP contribution in [0.3, 0.4) is 0 Å². The first-order valence-corrected chi connectivity index (χ1v) is 8.44. The van der Waals surface area contributed by atoms with Gasteiger partial charge in [0.2, 0.25) is 0 Å². The van der Waals surface area contributed by atoms with E-state index in [4.69, 9.17) is 9.57 Å². The van der Waals surface area contributed by atoms with E-state index in [0.717, 1.165) is 11.1 Å². The molecule has 0 saturated heterocycles. The Balaban J connectivity index is 1.74. The van der Waals surface area contributed by atoms with Gasteiger partial charge in [-0.2, -0.15) is 0 Å². The summed E-state index contributed by atoms with van der Waals surface area (Å²) in [5, 5.41) is 1.68. The Morgan fingerprint density at radius 2 is 1.27 bits per heavy atom.